The lowest BCUT2D eigenvalue weighted by atomic mass is 10.3. The molecule has 0 aliphatic rings. The van der Waals surface area contributed by atoms with E-state index in [1.54, 1.807) is 42.7 Å². The number of nitrogens with zero attached hydrogens (tertiary/aromatic N) is 3. The second kappa shape index (κ2) is 9.71. The lowest BCUT2D eigenvalue weighted by molar-refractivity contribution is -0.119. The molecule has 1 N–H and O–H groups in total. The number of hydrogen-bond acceptors (Lipinski definition) is 5. The van der Waals surface area contributed by atoms with E-state index in [2.05, 4.69) is 15.5 Å². The van der Waals surface area contributed by atoms with Crippen LogP contribution < -0.4 is 9.73 Å². The summed E-state index contributed by atoms with van der Waals surface area (Å²) in [6, 6.07) is 15.3. The Morgan fingerprint density at radius 2 is 1.73 bits per heavy atom. The molecule has 1 aromatic heterocycles. The number of carbonyl (C=O) groups is 1. The van der Waals surface area contributed by atoms with Crippen molar-refractivity contribution >= 4 is 51.0 Å². The fourth-order valence-electron chi connectivity index (χ4n) is 2.47. The third-order valence-corrected chi connectivity index (χ3v) is 6.17. The van der Waals surface area contributed by atoms with Crippen LogP contribution in [0.15, 0.2) is 83.1 Å². The first-order valence-electron chi connectivity index (χ1n) is 8.62. The van der Waals surface area contributed by atoms with Crippen LogP contribution >= 0.6 is 23.2 Å². The molecule has 3 rings (SSSR count). The minimum Gasteiger partial charge on any atom is -0.271 e. The Hall–Kier alpha value is -2.94. The molecule has 2 aromatic carbocycles. The summed E-state index contributed by atoms with van der Waals surface area (Å²) in [5.41, 5.74) is 3.30. The minimum absolute atomic E-state index is 0.0139. The number of hydrazone groups is 1. The molecule has 0 aliphatic carbocycles. The van der Waals surface area contributed by atoms with Crippen LogP contribution in [-0.4, -0.2) is 32.1 Å². The van der Waals surface area contributed by atoms with Gasteiger partial charge in [0.1, 0.15) is 6.54 Å². The highest BCUT2D eigenvalue weighted by Gasteiger charge is 2.27. The maximum absolute atomic E-state index is 13.2. The van der Waals surface area contributed by atoms with E-state index in [-0.39, 0.29) is 10.6 Å². The van der Waals surface area contributed by atoms with Crippen LogP contribution in [0.25, 0.3) is 0 Å². The molecular weight excluding hydrogens is 447 g/mol. The second-order valence-electron chi connectivity index (χ2n) is 6.02. The summed E-state index contributed by atoms with van der Waals surface area (Å²) in [4.78, 5) is 16.3. The Morgan fingerprint density at radius 3 is 2.40 bits per heavy atom. The van der Waals surface area contributed by atoms with Crippen molar-refractivity contribution in [3.8, 4) is 0 Å². The quantitative estimate of drug-likeness (QED) is 0.427. The van der Waals surface area contributed by atoms with Crippen molar-refractivity contribution in [1.82, 2.24) is 10.4 Å². The molecule has 10 heteroatoms. The molecule has 1 heterocycles. The summed E-state index contributed by atoms with van der Waals surface area (Å²) in [7, 11) is -4.06. The Labute approximate surface area is 184 Å². The fraction of sp³-hybridized carbons (Fsp3) is 0.0500. The molecule has 1 amide bonds. The summed E-state index contributed by atoms with van der Waals surface area (Å²) < 4.78 is 27.4. The van der Waals surface area contributed by atoms with Crippen molar-refractivity contribution in [1.29, 1.82) is 0 Å². The van der Waals surface area contributed by atoms with Gasteiger partial charge >= 0.3 is 0 Å². The smallest absolute Gasteiger partial charge is 0.264 e. The summed E-state index contributed by atoms with van der Waals surface area (Å²) >= 11 is 11.9. The monoisotopic (exact) mass is 462 g/mol. The first kappa shape index (κ1) is 21.8. The lowest BCUT2D eigenvalue weighted by Gasteiger charge is -2.23. The summed E-state index contributed by atoms with van der Waals surface area (Å²) in [6.45, 7) is -0.501. The topological polar surface area (TPSA) is 91.7 Å². The van der Waals surface area contributed by atoms with E-state index in [1.165, 1.54) is 36.5 Å². The van der Waals surface area contributed by atoms with Gasteiger partial charge in [0.15, 0.2) is 0 Å². The molecule has 0 saturated heterocycles. The molecule has 0 fully saturated rings. The van der Waals surface area contributed by atoms with Crippen molar-refractivity contribution in [3.63, 3.8) is 0 Å². The van der Waals surface area contributed by atoms with Gasteiger partial charge in [-0.05, 0) is 60.2 Å². The maximum Gasteiger partial charge on any atom is 0.264 e. The van der Waals surface area contributed by atoms with Crippen LogP contribution in [0, 0.1) is 0 Å². The van der Waals surface area contributed by atoms with Crippen molar-refractivity contribution in [2.24, 2.45) is 5.10 Å². The van der Waals surface area contributed by atoms with Gasteiger partial charge in [-0.1, -0.05) is 29.3 Å². The first-order valence-corrected chi connectivity index (χ1v) is 10.8. The molecule has 0 spiro atoms. The van der Waals surface area contributed by atoms with E-state index in [1.807, 2.05) is 0 Å². The number of sulfonamides is 1. The van der Waals surface area contributed by atoms with Crippen LogP contribution in [0.3, 0.4) is 0 Å². The highest BCUT2D eigenvalue weighted by Crippen LogP contribution is 2.26. The third kappa shape index (κ3) is 5.56. The number of rotatable bonds is 7. The predicted molar refractivity (Wildman–Crippen MR) is 117 cm³/mol. The third-order valence-electron chi connectivity index (χ3n) is 3.89. The minimum atomic E-state index is -4.06. The van der Waals surface area contributed by atoms with E-state index < -0.39 is 22.5 Å². The zero-order chi connectivity index (χ0) is 21.6. The van der Waals surface area contributed by atoms with Gasteiger partial charge < -0.3 is 0 Å². The van der Waals surface area contributed by atoms with Gasteiger partial charge in [0.25, 0.3) is 15.9 Å². The highest BCUT2D eigenvalue weighted by atomic mass is 35.5. The van der Waals surface area contributed by atoms with Crippen molar-refractivity contribution in [2.45, 2.75) is 4.90 Å². The Kier molecular flexibility index (Phi) is 7.04. The SMILES string of the molecule is O=C(CN(c1cccc(Cl)c1)S(=O)(=O)c1ccc(Cl)cc1)NN=Cc1ccncc1. The van der Waals surface area contributed by atoms with E-state index in [4.69, 9.17) is 23.2 Å². The van der Waals surface area contributed by atoms with Crippen molar-refractivity contribution < 1.29 is 13.2 Å². The number of benzene rings is 2. The van der Waals surface area contributed by atoms with E-state index >= 15 is 0 Å². The van der Waals surface area contributed by atoms with Gasteiger partial charge in [-0.3, -0.25) is 14.1 Å². The predicted octanol–water partition coefficient (Wildman–Crippen LogP) is 3.73. The van der Waals surface area contributed by atoms with Gasteiger partial charge in [0, 0.05) is 22.4 Å². The molecular formula is C20H16Cl2N4O3S. The first-order chi connectivity index (χ1) is 14.4. The molecule has 30 heavy (non-hydrogen) atoms. The van der Waals surface area contributed by atoms with Crippen LogP contribution in [-0.2, 0) is 14.8 Å². The molecule has 0 radical (unpaired) electrons. The largest absolute Gasteiger partial charge is 0.271 e. The number of anilines is 1. The van der Waals surface area contributed by atoms with Crippen LogP contribution in [0.2, 0.25) is 10.0 Å². The van der Waals surface area contributed by atoms with E-state index in [0.717, 1.165) is 9.87 Å². The van der Waals surface area contributed by atoms with Gasteiger partial charge in [0.2, 0.25) is 0 Å². The van der Waals surface area contributed by atoms with Gasteiger partial charge in [-0.25, -0.2) is 13.8 Å². The number of aromatic nitrogens is 1. The van der Waals surface area contributed by atoms with Crippen LogP contribution in [0.1, 0.15) is 5.56 Å². The molecule has 0 unspecified atom stereocenters. The number of nitrogens with one attached hydrogen (secondary N) is 1. The van der Waals surface area contributed by atoms with Crippen LogP contribution in [0.4, 0.5) is 5.69 Å². The highest BCUT2D eigenvalue weighted by molar-refractivity contribution is 7.92. The van der Waals surface area contributed by atoms with Gasteiger partial charge in [0.05, 0.1) is 16.8 Å². The maximum atomic E-state index is 13.2. The number of pyridine rings is 1. The van der Waals surface area contributed by atoms with Crippen LogP contribution in [0.5, 0.6) is 0 Å². The molecule has 0 aliphatic heterocycles. The summed E-state index contributed by atoms with van der Waals surface area (Å²) in [5.74, 6) is -0.627. The van der Waals surface area contributed by atoms with Crippen molar-refractivity contribution in [3.05, 3.63) is 88.7 Å². The lowest BCUT2D eigenvalue weighted by Crippen LogP contribution is -2.39. The number of carbonyl (C=O) groups excluding carboxylic acids is 1. The van der Waals surface area contributed by atoms with Crippen molar-refractivity contribution in [2.75, 3.05) is 10.8 Å². The second-order valence-corrected chi connectivity index (χ2v) is 8.75. The zero-order valence-electron chi connectivity index (χ0n) is 15.4. The van der Waals surface area contributed by atoms with E-state index in [9.17, 15) is 13.2 Å². The summed E-state index contributed by atoms with van der Waals surface area (Å²) in [6.07, 6.45) is 4.60. The van der Waals surface area contributed by atoms with Gasteiger partial charge in [-0.2, -0.15) is 5.10 Å². The standard InChI is InChI=1S/C20H16Cl2N4O3S/c21-16-4-6-19(7-5-16)30(28,29)26(18-3-1-2-17(22)12-18)14-20(27)25-24-13-15-8-10-23-11-9-15/h1-13H,14H2,(H,25,27). The molecule has 3 aromatic rings. The average molecular weight is 463 g/mol. The molecule has 154 valence electrons. The number of amides is 1. The van der Waals surface area contributed by atoms with E-state index in [0.29, 0.717) is 10.0 Å². The number of hydrogen-bond donors (Lipinski definition) is 1. The Bertz CT molecular complexity index is 1150. The Morgan fingerprint density at radius 1 is 1.03 bits per heavy atom. The molecule has 0 saturated carbocycles. The molecule has 0 bridgehead atoms. The normalized spacial score (nSPS) is 11.4. The molecule has 7 nitrogen and oxygen atoms in total. The summed E-state index contributed by atoms with van der Waals surface area (Å²) in [5, 5.41) is 4.58. The molecule has 0 atom stereocenters. The van der Waals surface area contributed by atoms with Gasteiger partial charge in [-0.15, -0.1) is 0 Å². The zero-order valence-corrected chi connectivity index (χ0v) is 17.8. The number of halogens is 2. The Balaban J connectivity index is 1.85. The fourth-order valence-corrected chi connectivity index (χ4v) is 4.20. The average Bonchev–Trinajstić information content (AvgIpc) is 2.73.